The number of imidazole rings is 1. The van der Waals surface area contributed by atoms with Crippen LogP contribution in [0.3, 0.4) is 0 Å². The minimum atomic E-state index is 0.0959. The molecule has 0 saturated carbocycles. The van der Waals surface area contributed by atoms with Gasteiger partial charge in [-0.15, -0.1) is 11.3 Å². The first-order valence-corrected chi connectivity index (χ1v) is 6.73. The molecular formula is C12H16ClN3S. The van der Waals surface area contributed by atoms with E-state index < -0.39 is 0 Å². The molecule has 0 fully saturated rings. The summed E-state index contributed by atoms with van der Waals surface area (Å²) in [5, 5.41) is 5.42. The summed E-state index contributed by atoms with van der Waals surface area (Å²) in [6, 6.07) is 1.95. The summed E-state index contributed by atoms with van der Waals surface area (Å²) in [4.78, 5) is 7.64. The van der Waals surface area contributed by atoms with Gasteiger partial charge in [-0.3, -0.25) is 0 Å². The molecular weight excluding hydrogens is 254 g/mol. The Kier molecular flexibility index (Phi) is 3.56. The number of rotatable bonds is 3. The Labute approximate surface area is 110 Å². The first-order valence-electron chi connectivity index (χ1n) is 5.47. The molecule has 0 bridgehead atoms. The second-order valence-corrected chi connectivity index (χ2v) is 6.53. The molecule has 2 N–H and O–H groups in total. The predicted octanol–water partition coefficient (Wildman–Crippen LogP) is 3.68. The molecule has 0 spiro atoms. The van der Waals surface area contributed by atoms with Gasteiger partial charge in [-0.25, -0.2) is 4.98 Å². The number of aromatic nitrogens is 2. The average Bonchev–Trinajstić information content (AvgIpc) is 2.81. The molecule has 2 heterocycles. The monoisotopic (exact) mass is 269 g/mol. The topological polar surface area (TPSA) is 40.7 Å². The lowest BCUT2D eigenvalue weighted by Crippen LogP contribution is -2.35. The van der Waals surface area contributed by atoms with Crippen molar-refractivity contribution in [2.24, 2.45) is 0 Å². The molecule has 0 unspecified atom stereocenters. The number of nitrogens with zero attached hydrogens (tertiary/aromatic N) is 1. The van der Waals surface area contributed by atoms with Crippen molar-refractivity contribution in [2.45, 2.75) is 32.9 Å². The maximum absolute atomic E-state index is 5.91. The van der Waals surface area contributed by atoms with Gasteiger partial charge >= 0.3 is 0 Å². The minimum Gasteiger partial charge on any atom is -0.341 e. The van der Waals surface area contributed by atoms with E-state index in [1.165, 1.54) is 11.3 Å². The highest BCUT2D eigenvalue weighted by atomic mass is 35.5. The van der Waals surface area contributed by atoms with Gasteiger partial charge in [0, 0.05) is 16.5 Å². The summed E-state index contributed by atoms with van der Waals surface area (Å²) in [5.41, 5.74) is 2.20. The molecule has 2 aromatic heterocycles. The fourth-order valence-electron chi connectivity index (χ4n) is 1.40. The Morgan fingerprint density at radius 2 is 2.24 bits per heavy atom. The Morgan fingerprint density at radius 1 is 1.47 bits per heavy atom. The summed E-state index contributed by atoms with van der Waals surface area (Å²) in [6.07, 6.45) is 1.85. The number of H-pyrrole nitrogens is 1. The van der Waals surface area contributed by atoms with Crippen LogP contribution in [0.5, 0.6) is 0 Å². The van der Waals surface area contributed by atoms with Crippen molar-refractivity contribution in [3.05, 3.63) is 27.8 Å². The van der Waals surface area contributed by atoms with Crippen molar-refractivity contribution in [3.63, 3.8) is 0 Å². The molecule has 17 heavy (non-hydrogen) atoms. The molecule has 0 amide bonds. The molecule has 92 valence electrons. The van der Waals surface area contributed by atoms with Crippen LogP contribution in [0.1, 0.15) is 26.6 Å². The zero-order chi connectivity index (χ0) is 12.5. The predicted molar refractivity (Wildman–Crippen MR) is 73.5 cm³/mol. The summed E-state index contributed by atoms with van der Waals surface area (Å²) in [6.45, 7) is 7.14. The molecule has 2 aromatic rings. The number of halogens is 1. The van der Waals surface area contributed by atoms with Crippen molar-refractivity contribution in [1.82, 2.24) is 15.3 Å². The van der Waals surface area contributed by atoms with E-state index in [9.17, 15) is 0 Å². The smallest absolute Gasteiger partial charge is 0.120 e. The minimum absolute atomic E-state index is 0.0959. The lowest BCUT2D eigenvalue weighted by Gasteiger charge is -2.19. The van der Waals surface area contributed by atoms with E-state index in [0.717, 1.165) is 28.0 Å². The number of thiophene rings is 1. The third-order valence-electron chi connectivity index (χ3n) is 2.29. The number of nitrogens with one attached hydrogen (secondary N) is 2. The quantitative estimate of drug-likeness (QED) is 0.892. The van der Waals surface area contributed by atoms with Crippen molar-refractivity contribution >= 4 is 22.9 Å². The molecule has 0 saturated heterocycles. The van der Waals surface area contributed by atoms with E-state index in [1.807, 2.05) is 17.6 Å². The van der Waals surface area contributed by atoms with E-state index in [4.69, 9.17) is 11.6 Å². The molecule has 0 aromatic carbocycles. The molecule has 3 nitrogen and oxygen atoms in total. The summed E-state index contributed by atoms with van der Waals surface area (Å²) in [5.74, 6) is 0.942. The Bertz CT molecular complexity index is 496. The van der Waals surface area contributed by atoms with Gasteiger partial charge in [0.15, 0.2) is 0 Å². The first kappa shape index (κ1) is 12.6. The summed E-state index contributed by atoms with van der Waals surface area (Å²) in [7, 11) is 0. The largest absolute Gasteiger partial charge is 0.341 e. The summed E-state index contributed by atoms with van der Waals surface area (Å²) < 4.78 is 0.795. The molecule has 0 radical (unpaired) electrons. The average molecular weight is 270 g/mol. The first-order chi connectivity index (χ1) is 7.94. The summed E-state index contributed by atoms with van der Waals surface area (Å²) >= 11 is 7.44. The van der Waals surface area contributed by atoms with Crippen LogP contribution in [0.25, 0.3) is 11.3 Å². The van der Waals surface area contributed by atoms with Crippen LogP contribution in [-0.2, 0) is 6.54 Å². The van der Waals surface area contributed by atoms with Gasteiger partial charge in [0.25, 0.3) is 0 Å². The second kappa shape index (κ2) is 4.80. The Balaban J connectivity index is 2.06. The van der Waals surface area contributed by atoms with Crippen LogP contribution in [0.2, 0.25) is 4.34 Å². The highest BCUT2D eigenvalue weighted by Gasteiger charge is 2.10. The molecule has 0 atom stereocenters. The van der Waals surface area contributed by atoms with Crippen LogP contribution >= 0.6 is 22.9 Å². The normalized spacial score (nSPS) is 12.0. The molecule has 0 aliphatic rings. The van der Waals surface area contributed by atoms with E-state index in [-0.39, 0.29) is 5.54 Å². The van der Waals surface area contributed by atoms with Crippen LogP contribution in [0.15, 0.2) is 17.6 Å². The maximum atomic E-state index is 5.91. The van der Waals surface area contributed by atoms with Gasteiger partial charge in [0.2, 0.25) is 0 Å². The molecule has 5 heteroatoms. The number of hydrogen-bond acceptors (Lipinski definition) is 3. The fraction of sp³-hybridized carbons (Fsp3) is 0.417. The van der Waals surface area contributed by atoms with Crippen molar-refractivity contribution < 1.29 is 0 Å². The Hall–Kier alpha value is -0.840. The van der Waals surface area contributed by atoms with Crippen LogP contribution in [0.4, 0.5) is 0 Å². The number of aromatic amines is 1. The number of hydrogen-bond donors (Lipinski definition) is 2. The standard InChI is InChI=1S/C12H16ClN3S/c1-12(2,3)15-6-11-14-5-9(16-11)8-4-10(13)17-7-8/h4-5,7,15H,6H2,1-3H3,(H,14,16). The van der Waals surface area contributed by atoms with Gasteiger partial charge < -0.3 is 10.3 Å². The van der Waals surface area contributed by atoms with E-state index in [0.29, 0.717) is 0 Å². The van der Waals surface area contributed by atoms with Crippen molar-refractivity contribution in [3.8, 4) is 11.3 Å². The van der Waals surface area contributed by atoms with Crippen molar-refractivity contribution in [2.75, 3.05) is 0 Å². The van der Waals surface area contributed by atoms with Crippen LogP contribution in [-0.4, -0.2) is 15.5 Å². The van der Waals surface area contributed by atoms with E-state index in [2.05, 4.69) is 36.1 Å². The van der Waals surface area contributed by atoms with Gasteiger partial charge in [-0.2, -0.15) is 0 Å². The Morgan fingerprint density at radius 3 is 2.82 bits per heavy atom. The molecule has 2 rings (SSSR count). The third-order valence-corrected chi connectivity index (χ3v) is 3.38. The van der Waals surface area contributed by atoms with Crippen molar-refractivity contribution in [1.29, 1.82) is 0 Å². The van der Waals surface area contributed by atoms with Gasteiger partial charge in [-0.1, -0.05) is 11.6 Å². The second-order valence-electron chi connectivity index (χ2n) is 4.99. The SMILES string of the molecule is CC(C)(C)NCc1ncc(-c2csc(Cl)c2)[nH]1. The molecule has 0 aliphatic carbocycles. The van der Waals surface area contributed by atoms with E-state index >= 15 is 0 Å². The molecule has 0 aliphatic heterocycles. The highest BCUT2D eigenvalue weighted by Crippen LogP contribution is 2.27. The lowest BCUT2D eigenvalue weighted by atomic mass is 10.1. The maximum Gasteiger partial charge on any atom is 0.120 e. The highest BCUT2D eigenvalue weighted by molar-refractivity contribution is 7.14. The third kappa shape index (κ3) is 3.56. The van der Waals surface area contributed by atoms with Crippen LogP contribution < -0.4 is 5.32 Å². The zero-order valence-corrected chi connectivity index (χ0v) is 11.7. The van der Waals surface area contributed by atoms with E-state index in [1.54, 1.807) is 0 Å². The lowest BCUT2D eigenvalue weighted by molar-refractivity contribution is 0.418. The zero-order valence-electron chi connectivity index (χ0n) is 10.2. The van der Waals surface area contributed by atoms with Gasteiger partial charge in [0.1, 0.15) is 5.82 Å². The van der Waals surface area contributed by atoms with Crippen LogP contribution in [0, 0.1) is 0 Å². The van der Waals surface area contributed by atoms with Gasteiger partial charge in [-0.05, 0) is 26.8 Å². The fourth-order valence-corrected chi connectivity index (χ4v) is 2.28. The van der Waals surface area contributed by atoms with Gasteiger partial charge in [0.05, 0.1) is 22.8 Å².